The van der Waals surface area contributed by atoms with Crippen LogP contribution in [0.2, 0.25) is 21.6 Å². The molecule has 1 saturated heterocycles. The van der Waals surface area contributed by atoms with Crippen LogP contribution in [-0.4, -0.2) is 57.2 Å². The van der Waals surface area contributed by atoms with Crippen molar-refractivity contribution in [2.24, 2.45) is 0 Å². The quantitative estimate of drug-likeness (QED) is 0.128. The molecule has 0 saturated carbocycles. The van der Waals surface area contributed by atoms with E-state index in [4.69, 9.17) is 25.9 Å². The molecule has 7 rings (SSSR count). The molecule has 2 aromatic carbocycles. The zero-order chi connectivity index (χ0) is 40.8. The Kier molecular flexibility index (Phi) is 11.5. The first-order chi connectivity index (χ1) is 27.1. The van der Waals surface area contributed by atoms with Gasteiger partial charge in [-0.15, -0.1) is 10.2 Å². The van der Waals surface area contributed by atoms with Gasteiger partial charge in [-0.05, 0) is 97.4 Å². The largest absolute Gasteiger partial charge is 0.542 e. The zero-order valence-corrected chi connectivity index (χ0v) is 36.9. The van der Waals surface area contributed by atoms with Gasteiger partial charge in [0, 0.05) is 11.5 Å². The molecule has 0 radical (unpaired) electrons. The minimum atomic E-state index is -2.22. The predicted octanol–water partition coefficient (Wildman–Crippen LogP) is 11.0. The molecule has 1 aliphatic carbocycles. The summed E-state index contributed by atoms with van der Waals surface area (Å²) in [5.41, 5.74) is 5.45. The van der Waals surface area contributed by atoms with Crippen molar-refractivity contribution in [3.8, 4) is 17.2 Å². The van der Waals surface area contributed by atoms with Crippen LogP contribution in [0.5, 0.6) is 11.5 Å². The lowest BCUT2D eigenvalue weighted by Crippen LogP contribution is -2.50. The molecule has 0 spiro atoms. The first kappa shape index (κ1) is 40.8. The highest BCUT2D eigenvalue weighted by atomic mass is 35.5. The Morgan fingerprint density at radius 2 is 1.63 bits per heavy atom. The lowest BCUT2D eigenvalue weighted by atomic mass is 9.85. The smallest absolute Gasteiger partial charge is 0.320 e. The van der Waals surface area contributed by atoms with E-state index in [1.165, 1.54) is 0 Å². The van der Waals surface area contributed by atoms with Crippen LogP contribution in [-0.2, 0) is 5.41 Å². The molecule has 2 aliphatic rings. The molecule has 1 unspecified atom stereocenters. The molecule has 304 valence electrons. The minimum absolute atomic E-state index is 0.171. The Balaban J connectivity index is 1.09. The van der Waals surface area contributed by atoms with E-state index in [1.54, 1.807) is 4.68 Å². The molecule has 3 atom stereocenters. The van der Waals surface area contributed by atoms with E-state index < -0.39 is 8.32 Å². The van der Waals surface area contributed by atoms with E-state index in [-0.39, 0.29) is 29.6 Å². The molecule has 1 fully saturated rings. The number of anilines is 1. The third-order valence-electron chi connectivity index (χ3n) is 12.1. The Bertz CT molecular complexity index is 2200. The van der Waals surface area contributed by atoms with Crippen molar-refractivity contribution in [2.45, 2.75) is 128 Å². The van der Waals surface area contributed by atoms with Crippen molar-refractivity contribution in [3.63, 3.8) is 0 Å². The summed E-state index contributed by atoms with van der Waals surface area (Å²) < 4.78 is 17.4. The number of carbonyl (C=O) groups is 1. The minimum Gasteiger partial charge on any atom is -0.542 e. The number of likely N-dealkylation sites (tertiary alicyclic amines) is 1. The first-order valence-corrected chi connectivity index (χ1v) is 23.1. The van der Waals surface area contributed by atoms with Crippen molar-refractivity contribution < 1.29 is 14.0 Å². The number of rotatable bonds is 11. The zero-order valence-electron chi connectivity index (χ0n) is 35.1. The number of halogens is 1. The first-order valence-electron chi connectivity index (χ1n) is 20.5. The molecule has 1 aliphatic heterocycles. The molecular weight excluding hydrogens is 752 g/mol. The maximum atomic E-state index is 13.9. The number of aromatic nitrogens is 5. The normalized spacial score (nSPS) is 19.1. The Morgan fingerprint density at radius 3 is 2.28 bits per heavy atom. The standard InChI is InChI=1S/C44H59ClN8O3Si/c1-27(2)57(28(3)4,29(5)6)56-38-20-17-30(24-34(38)45)53-41(25-39(50-53)44(7,8)9)47-43(54)46-35-19-21-37(33-15-12-11-14-32(33)35)55-31-18-22-40-48-49-42(52(40)26-31)36-16-13-23-51(36)10/h11-12,14-15,17-18,20,22,24-29,35-37H,13,16,19,21,23H2,1-10H3,(H2,46,47,54)/t35-,36?,37+/m0/s1. The van der Waals surface area contributed by atoms with Gasteiger partial charge in [-0.3, -0.25) is 14.6 Å². The molecule has 2 amide bonds. The van der Waals surface area contributed by atoms with Gasteiger partial charge in [0.25, 0.3) is 8.32 Å². The summed E-state index contributed by atoms with van der Waals surface area (Å²) in [5.74, 6) is 2.95. The molecule has 11 nitrogen and oxygen atoms in total. The van der Waals surface area contributed by atoms with Crippen molar-refractivity contribution >= 4 is 37.4 Å². The van der Waals surface area contributed by atoms with E-state index in [2.05, 4.69) is 112 Å². The number of benzene rings is 2. The number of hydrogen-bond donors (Lipinski definition) is 2. The number of amides is 2. The molecule has 5 aromatic rings. The van der Waals surface area contributed by atoms with Crippen molar-refractivity contribution in [1.29, 1.82) is 0 Å². The number of nitrogens with zero attached hydrogens (tertiary/aromatic N) is 6. The number of nitrogens with one attached hydrogen (secondary N) is 2. The van der Waals surface area contributed by atoms with Gasteiger partial charge in [0.15, 0.2) is 11.5 Å². The van der Waals surface area contributed by atoms with Gasteiger partial charge < -0.3 is 14.5 Å². The van der Waals surface area contributed by atoms with Crippen LogP contribution >= 0.6 is 11.6 Å². The summed E-state index contributed by atoms with van der Waals surface area (Å²) >= 11 is 6.99. The van der Waals surface area contributed by atoms with Crippen LogP contribution in [0.15, 0.2) is 66.9 Å². The summed E-state index contributed by atoms with van der Waals surface area (Å²) in [6.07, 6.45) is 5.49. The van der Waals surface area contributed by atoms with Crippen LogP contribution in [0, 0.1) is 0 Å². The average Bonchev–Trinajstić information content (AvgIpc) is 3.89. The topological polar surface area (TPSA) is 111 Å². The average molecular weight is 812 g/mol. The summed E-state index contributed by atoms with van der Waals surface area (Å²) in [4.78, 5) is 16.2. The lowest BCUT2D eigenvalue weighted by Gasteiger charge is -2.42. The number of hydrogen-bond acceptors (Lipinski definition) is 7. The third-order valence-corrected chi connectivity index (χ3v) is 18.4. The summed E-state index contributed by atoms with van der Waals surface area (Å²) in [5, 5.41) is 20.9. The van der Waals surface area contributed by atoms with Gasteiger partial charge >= 0.3 is 6.03 Å². The van der Waals surface area contributed by atoms with Gasteiger partial charge in [0.05, 0.1) is 34.7 Å². The predicted molar refractivity (Wildman–Crippen MR) is 230 cm³/mol. The second-order valence-electron chi connectivity index (χ2n) is 17.9. The monoisotopic (exact) mass is 810 g/mol. The van der Waals surface area contributed by atoms with Crippen LogP contribution < -0.4 is 19.8 Å². The number of fused-ring (bicyclic) bond motifs is 2. The Morgan fingerprint density at radius 1 is 0.912 bits per heavy atom. The second kappa shape index (κ2) is 16.1. The van der Waals surface area contributed by atoms with E-state index in [9.17, 15) is 4.79 Å². The molecule has 13 heteroatoms. The number of ether oxygens (including phenoxy) is 1. The maximum Gasteiger partial charge on any atom is 0.320 e. The maximum absolute atomic E-state index is 13.9. The summed E-state index contributed by atoms with van der Waals surface area (Å²) in [7, 11) is -0.0822. The van der Waals surface area contributed by atoms with Crippen molar-refractivity contribution in [2.75, 3.05) is 18.9 Å². The highest BCUT2D eigenvalue weighted by Gasteiger charge is 2.47. The molecule has 4 heterocycles. The molecule has 3 aromatic heterocycles. The van der Waals surface area contributed by atoms with Crippen LogP contribution in [0.25, 0.3) is 11.3 Å². The van der Waals surface area contributed by atoms with E-state index >= 15 is 0 Å². The Labute approximate surface area is 343 Å². The lowest BCUT2D eigenvalue weighted by molar-refractivity contribution is 0.171. The van der Waals surface area contributed by atoms with Gasteiger partial charge in [0.2, 0.25) is 0 Å². The van der Waals surface area contributed by atoms with E-state index in [1.807, 2.05) is 54.7 Å². The number of carbonyl (C=O) groups excluding carboxylic acids is 1. The van der Waals surface area contributed by atoms with Crippen molar-refractivity contribution in [1.82, 2.24) is 34.6 Å². The fourth-order valence-corrected chi connectivity index (χ4v) is 14.7. The highest BCUT2D eigenvalue weighted by molar-refractivity contribution is 6.78. The fraction of sp³-hybridized carbons (Fsp3) is 0.500. The molecule has 57 heavy (non-hydrogen) atoms. The van der Waals surface area contributed by atoms with Gasteiger partial charge in [0.1, 0.15) is 23.4 Å². The molecule has 2 N–H and O–H groups in total. The third kappa shape index (κ3) is 8.05. The van der Waals surface area contributed by atoms with Crippen LogP contribution in [0.1, 0.15) is 129 Å². The summed E-state index contributed by atoms with van der Waals surface area (Å²) in [6, 6.07) is 19.6. The van der Waals surface area contributed by atoms with Crippen molar-refractivity contribution in [3.05, 3.63) is 94.5 Å². The molecule has 0 bridgehead atoms. The van der Waals surface area contributed by atoms with Gasteiger partial charge in [-0.25, -0.2) is 9.48 Å². The number of urea groups is 1. The molecular formula is C44H59ClN8O3Si. The van der Waals surface area contributed by atoms with E-state index in [0.29, 0.717) is 39.6 Å². The van der Waals surface area contributed by atoms with Crippen LogP contribution in [0.4, 0.5) is 10.6 Å². The summed E-state index contributed by atoms with van der Waals surface area (Å²) in [6.45, 7) is 21.0. The van der Waals surface area contributed by atoms with Gasteiger partial charge in [-0.2, -0.15) is 5.10 Å². The second-order valence-corrected chi connectivity index (χ2v) is 23.6. The van der Waals surface area contributed by atoms with Crippen LogP contribution in [0.3, 0.4) is 0 Å². The fourth-order valence-electron chi connectivity index (χ4n) is 9.20. The Hall–Kier alpha value is -4.39. The number of pyridine rings is 1. The SMILES string of the molecule is CC(C)[Si](Oc1ccc(-n2nc(C(C)(C)C)cc2NC(=O)N[C@H]2CC[C@@H](Oc3ccc4nnc(C5CCCN5C)n4c3)c3ccccc32)cc1Cl)(C(C)C)C(C)C. The van der Waals surface area contributed by atoms with E-state index in [0.717, 1.165) is 65.5 Å². The van der Waals surface area contributed by atoms with Gasteiger partial charge in [-0.1, -0.05) is 98.2 Å². The highest BCUT2D eigenvalue weighted by Crippen LogP contribution is 2.45.